The van der Waals surface area contributed by atoms with Crippen LogP contribution in [0, 0.1) is 13.8 Å². The summed E-state index contributed by atoms with van der Waals surface area (Å²) < 4.78 is 5.56. The van der Waals surface area contributed by atoms with Gasteiger partial charge in [0.25, 0.3) is 0 Å². The van der Waals surface area contributed by atoms with E-state index >= 15 is 0 Å². The first kappa shape index (κ1) is 12.8. The second-order valence-corrected chi connectivity index (χ2v) is 5.55. The zero-order valence-corrected chi connectivity index (χ0v) is 11.6. The van der Waals surface area contributed by atoms with Gasteiger partial charge in [0.1, 0.15) is 0 Å². The van der Waals surface area contributed by atoms with Crippen molar-refractivity contribution in [1.29, 1.82) is 0 Å². The van der Waals surface area contributed by atoms with Crippen molar-refractivity contribution in [2.45, 2.75) is 26.8 Å². The van der Waals surface area contributed by atoms with Crippen molar-refractivity contribution in [3.8, 4) is 0 Å². The van der Waals surface area contributed by atoms with E-state index in [1.807, 2.05) is 0 Å². The van der Waals surface area contributed by atoms with Crippen LogP contribution in [0.25, 0.3) is 0 Å². The molecule has 0 aromatic carbocycles. The molecule has 1 N–H and O–H groups in total. The Bertz CT molecular complexity index is 347. The Labute approximate surface area is 107 Å². The van der Waals surface area contributed by atoms with Crippen LogP contribution in [0.1, 0.15) is 17.5 Å². The summed E-state index contributed by atoms with van der Waals surface area (Å²) in [6.07, 6.45) is 0. The predicted octanol–water partition coefficient (Wildman–Crippen LogP) is 1.57. The first-order valence-corrected chi connectivity index (χ1v) is 7.03. The molecule has 0 aliphatic carbocycles. The highest BCUT2D eigenvalue weighted by Gasteiger charge is 2.25. The first-order valence-electron chi connectivity index (χ1n) is 6.21. The van der Waals surface area contributed by atoms with Crippen LogP contribution >= 0.6 is 11.3 Å². The summed E-state index contributed by atoms with van der Waals surface area (Å²) in [4.78, 5) is 8.35. The Hall–Kier alpha value is -0.650. The van der Waals surface area contributed by atoms with E-state index in [0.717, 1.165) is 43.7 Å². The maximum absolute atomic E-state index is 5.56. The lowest BCUT2D eigenvalue weighted by atomic mass is 10.2. The monoisotopic (exact) mass is 255 g/mol. The number of aromatic nitrogens is 1. The summed E-state index contributed by atoms with van der Waals surface area (Å²) in [5.41, 5.74) is 1.15. The highest BCUT2D eigenvalue weighted by molar-refractivity contribution is 7.15. The summed E-state index contributed by atoms with van der Waals surface area (Å²) in [5, 5.41) is 4.54. The number of morpholine rings is 1. The van der Waals surface area contributed by atoms with Gasteiger partial charge in [-0.05, 0) is 20.4 Å². The highest BCUT2D eigenvalue weighted by Crippen LogP contribution is 2.27. The van der Waals surface area contributed by atoms with Gasteiger partial charge in [-0.25, -0.2) is 4.98 Å². The van der Waals surface area contributed by atoms with E-state index in [2.05, 4.69) is 36.0 Å². The van der Waals surface area contributed by atoms with Crippen molar-refractivity contribution in [2.75, 3.05) is 37.7 Å². The van der Waals surface area contributed by atoms with E-state index < -0.39 is 0 Å². The smallest absolute Gasteiger partial charge is 0.186 e. The topological polar surface area (TPSA) is 37.4 Å². The van der Waals surface area contributed by atoms with Crippen molar-refractivity contribution in [2.24, 2.45) is 0 Å². The van der Waals surface area contributed by atoms with Crippen molar-refractivity contribution in [1.82, 2.24) is 10.3 Å². The number of thiazole rings is 1. The molecule has 17 heavy (non-hydrogen) atoms. The molecule has 1 aliphatic heterocycles. The third kappa shape index (κ3) is 2.97. The number of rotatable bonds is 4. The van der Waals surface area contributed by atoms with Crippen molar-refractivity contribution < 1.29 is 4.74 Å². The van der Waals surface area contributed by atoms with Crippen LogP contribution in [-0.4, -0.2) is 43.9 Å². The molecular weight excluding hydrogens is 234 g/mol. The summed E-state index contributed by atoms with van der Waals surface area (Å²) in [6, 6.07) is 0.411. The molecule has 2 rings (SSSR count). The number of nitrogens with one attached hydrogen (secondary N) is 1. The van der Waals surface area contributed by atoms with Gasteiger partial charge in [-0.1, -0.05) is 6.92 Å². The summed E-state index contributed by atoms with van der Waals surface area (Å²) >= 11 is 1.79. The van der Waals surface area contributed by atoms with Crippen LogP contribution in [0.5, 0.6) is 0 Å². The molecule has 0 bridgehead atoms. The van der Waals surface area contributed by atoms with E-state index in [4.69, 9.17) is 4.74 Å². The third-order valence-electron chi connectivity index (χ3n) is 3.12. The molecule has 1 aromatic rings. The Balaban J connectivity index is 2.09. The zero-order chi connectivity index (χ0) is 12.3. The second kappa shape index (κ2) is 5.80. The van der Waals surface area contributed by atoms with Crippen LogP contribution in [0.4, 0.5) is 5.13 Å². The van der Waals surface area contributed by atoms with Gasteiger partial charge in [-0.15, -0.1) is 11.3 Å². The van der Waals surface area contributed by atoms with Crippen LogP contribution in [-0.2, 0) is 4.74 Å². The summed E-state index contributed by atoms with van der Waals surface area (Å²) in [5.74, 6) is 0. The first-order chi connectivity index (χ1) is 8.22. The molecule has 5 heteroatoms. The molecule has 1 atom stereocenters. The molecule has 1 aromatic heterocycles. The average Bonchev–Trinajstić information content (AvgIpc) is 2.67. The Morgan fingerprint density at radius 3 is 3.00 bits per heavy atom. The average molecular weight is 255 g/mol. The lowest BCUT2D eigenvalue weighted by Gasteiger charge is -2.35. The minimum Gasteiger partial charge on any atom is -0.377 e. The number of ether oxygens (including phenoxy) is 1. The summed E-state index contributed by atoms with van der Waals surface area (Å²) in [6.45, 7) is 10.9. The number of hydrogen-bond donors (Lipinski definition) is 1. The quantitative estimate of drug-likeness (QED) is 0.886. The lowest BCUT2D eigenvalue weighted by Crippen LogP contribution is -2.50. The SMILES string of the molecule is CCNCC1COCCN1c1nc(C)c(C)s1. The lowest BCUT2D eigenvalue weighted by molar-refractivity contribution is 0.0939. The minimum atomic E-state index is 0.411. The number of aryl methyl sites for hydroxylation is 2. The maximum atomic E-state index is 5.56. The molecule has 1 aliphatic rings. The maximum Gasteiger partial charge on any atom is 0.186 e. The third-order valence-corrected chi connectivity index (χ3v) is 4.23. The summed E-state index contributed by atoms with van der Waals surface area (Å²) in [7, 11) is 0. The number of likely N-dealkylation sites (N-methyl/N-ethyl adjacent to an activating group) is 1. The van der Waals surface area contributed by atoms with E-state index in [0.29, 0.717) is 6.04 Å². The van der Waals surface area contributed by atoms with Gasteiger partial charge in [0.15, 0.2) is 5.13 Å². The van der Waals surface area contributed by atoms with E-state index in [-0.39, 0.29) is 0 Å². The molecule has 0 radical (unpaired) electrons. The van der Waals surface area contributed by atoms with Crippen LogP contribution in [0.2, 0.25) is 0 Å². The van der Waals surface area contributed by atoms with Crippen molar-refractivity contribution in [3.63, 3.8) is 0 Å². The largest absolute Gasteiger partial charge is 0.377 e. The van der Waals surface area contributed by atoms with E-state index in [1.54, 1.807) is 11.3 Å². The molecule has 0 amide bonds. The van der Waals surface area contributed by atoms with Gasteiger partial charge >= 0.3 is 0 Å². The van der Waals surface area contributed by atoms with Gasteiger partial charge in [-0.2, -0.15) is 0 Å². The molecule has 4 nitrogen and oxygen atoms in total. The Morgan fingerprint density at radius 1 is 1.53 bits per heavy atom. The molecule has 0 spiro atoms. The number of hydrogen-bond acceptors (Lipinski definition) is 5. The van der Waals surface area contributed by atoms with Gasteiger partial charge in [0, 0.05) is 18.0 Å². The van der Waals surface area contributed by atoms with Crippen LogP contribution in [0.15, 0.2) is 0 Å². The van der Waals surface area contributed by atoms with Gasteiger partial charge in [0.2, 0.25) is 0 Å². The zero-order valence-electron chi connectivity index (χ0n) is 10.8. The number of anilines is 1. The fraction of sp³-hybridized carbons (Fsp3) is 0.750. The molecular formula is C12H21N3OS. The second-order valence-electron chi connectivity index (χ2n) is 4.37. The number of nitrogens with zero attached hydrogens (tertiary/aromatic N) is 2. The molecule has 1 saturated heterocycles. The predicted molar refractivity (Wildman–Crippen MR) is 72.1 cm³/mol. The standard InChI is InChI=1S/C12H21N3OS/c1-4-13-7-11-8-16-6-5-15(11)12-14-9(2)10(3)17-12/h11,13H,4-8H2,1-3H3. The van der Waals surface area contributed by atoms with Gasteiger partial charge < -0.3 is 15.0 Å². The normalized spacial score (nSPS) is 20.9. The van der Waals surface area contributed by atoms with Crippen LogP contribution in [0.3, 0.4) is 0 Å². The van der Waals surface area contributed by atoms with Gasteiger partial charge in [0.05, 0.1) is 24.9 Å². The molecule has 96 valence electrons. The molecule has 1 fully saturated rings. The van der Waals surface area contributed by atoms with Crippen molar-refractivity contribution in [3.05, 3.63) is 10.6 Å². The fourth-order valence-electron chi connectivity index (χ4n) is 1.97. The Morgan fingerprint density at radius 2 is 2.35 bits per heavy atom. The van der Waals surface area contributed by atoms with Gasteiger partial charge in [-0.3, -0.25) is 0 Å². The van der Waals surface area contributed by atoms with Crippen LogP contribution < -0.4 is 10.2 Å². The van der Waals surface area contributed by atoms with E-state index in [9.17, 15) is 0 Å². The fourth-order valence-corrected chi connectivity index (χ4v) is 2.97. The Kier molecular flexibility index (Phi) is 4.36. The minimum absolute atomic E-state index is 0.411. The molecule has 1 unspecified atom stereocenters. The molecule has 0 saturated carbocycles. The van der Waals surface area contributed by atoms with E-state index in [1.165, 1.54) is 4.88 Å². The highest BCUT2D eigenvalue weighted by atomic mass is 32.1. The molecule has 2 heterocycles. The van der Waals surface area contributed by atoms with Crippen molar-refractivity contribution >= 4 is 16.5 Å².